The van der Waals surface area contributed by atoms with Crippen molar-refractivity contribution < 1.29 is 8.42 Å². The smallest absolute Gasteiger partial charge is 0.242 e. The van der Waals surface area contributed by atoms with Crippen LogP contribution in [0.5, 0.6) is 0 Å². The first kappa shape index (κ1) is 14.6. The molecule has 1 unspecified atom stereocenters. The van der Waals surface area contributed by atoms with Gasteiger partial charge in [-0.15, -0.1) is 22.7 Å². The van der Waals surface area contributed by atoms with E-state index in [0.29, 0.717) is 9.77 Å². The highest BCUT2D eigenvalue weighted by molar-refractivity contribution is 7.89. The van der Waals surface area contributed by atoms with Gasteiger partial charge in [0.15, 0.2) is 0 Å². The van der Waals surface area contributed by atoms with Crippen LogP contribution in [-0.4, -0.2) is 13.4 Å². The Morgan fingerprint density at radius 2 is 2.21 bits per heavy atom. The molecule has 0 saturated carbocycles. The summed E-state index contributed by atoms with van der Waals surface area (Å²) in [4.78, 5) is 5.10. The zero-order chi connectivity index (χ0) is 14.0. The number of hydrogen-bond acceptors (Lipinski definition) is 6. The standard InChI is InChI=1S/C11H15N3O2S3/c1-7-6-18-9(5-12)10(7)19(15,16)14-8(2)11-13-3-4-17-11/h3-4,6,8,14H,5,12H2,1-2H3. The minimum Gasteiger partial charge on any atom is -0.326 e. The second-order valence-corrected chi connectivity index (χ2v) is 7.63. The maximum atomic E-state index is 12.4. The molecule has 0 aliphatic carbocycles. The molecular weight excluding hydrogens is 302 g/mol. The van der Waals surface area contributed by atoms with Crippen molar-refractivity contribution in [2.24, 2.45) is 5.73 Å². The van der Waals surface area contributed by atoms with Crippen LogP contribution in [-0.2, 0) is 16.6 Å². The van der Waals surface area contributed by atoms with Crippen molar-refractivity contribution in [1.82, 2.24) is 9.71 Å². The first-order valence-electron chi connectivity index (χ1n) is 5.64. The minimum atomic E-state index is -3.57. The normalized spacial score (nSPS) is 13.6. The fourth-order valence-electron chi connectivity index (χ4n) is 1.78. The Labute approximate surface area is 120 Å². The van der Waals surface area contributed by atoms with Crippen LogP contribution in [0.1, 0.15) is 28.4 Å². The van der Waals surface area contributed by atoms with E-state index in [1.54, 1.807) is 20.0 Å². The predicted molar refractivity (Wildman–Crippen MR) is 77.8 cm³/mol. The SMILES string of the molecule is Cc1csc(CN)c1S(=O)(=O)NC(C)c1nccs1. The van der Waals surface area contributed by atoms with E-state index in [1.807, 2.05) is 10.8 Å². The van der Waals surface area contributed by atoms with Crippen LogP contribution >= 0.6 is 22.7 Å². The quantitative estimate of drug-likeness (QED) is 0.883. The Balaban J connectivity index is 2.30. The van der Waals surface area contributed by atoms with Gasteiger partial charge in [-0.1, -0.05) is 0 Å². The molecule has 2 aromatic rings. The summed E-state index contributed by atoms with van der Waals surface area (Å²) < 4.78 is 27.5. The molecule has 0 aliphatic heterocycles. The number of nitrogens with two attached hydrogens (primary N) is 1. The number of rotatable bonds is 5. The number of thiazole rings is 1. The van der Waals surface area contributed by atoms with E-state index in [1.165, 1.54) is 22.7 Å². The first-order chi connectivity index (χ1) is 8.95. The maximum Gasteiger partial charge on any atom is 0.242 e. The molecule has 2 aromatic heterocycles. The molecular formula is C11H15N3O2S3. The molecule has 0 amide bonds. The summed E-state index contributed by atoms with van der Waals surface area (Å²) in [5.74, 6) is 0. The topological polar surface area (TPSA) is 85.1 Å². The summed E-state index contributed by atoms with van der Waals surface area (Å²) in [5.41, 5.74) is 6.32. The third-order valence-corrected chi connectivity index (χ3v) is 6.58. The molecule has 5 nitrogen and oxygen atoms in total. The summed E-state index contributed by atoms with van der Waals surface area (Å²) in [7, 11) is -3.57. The number of aryl methyl sites for hydroxylation is 1. The van der Waals surface area contributed by atoms with Crippen LogP contribution < -0.4 is 10.5 Å². The highest BCUT2D eigenvalue weighted by Gasteiger charge is 2.25. The number of hydrogen-bond donors (Lipinski definition) is 2. The molecule has 0 fully saturated rings. The van der Waals surface area contributed by atoms with Crippen molar-refractivity contribution in [1.29, 1.82) is 0 Å². The van der Waals surface area contributed by atoms with Crippen molar-refractivity contribution in [3.8, 4) is 0 Å². The number of sulfonamides is 1. The summed E-state index contributed by atoms with van der Waals surface area (Å²) in [6, 6.07) is -0.352. The monoisotopic (exact) mass is 317 g/mol. The van der Waals surface area contributed by atoms with Gasteiger partial charge in [-0.3, -0.25) is 0 Å². The molecule has 1 atom stereocenters. The van der Waals surface area contributed by atoms with Gasteiger partial charge in [-0.05, 0) is 24.8 Å². The molecule has 104 valence electrons. The lowest BCUT2D eigenvalue weighted by atomic mass is 10.3. The molecule has 0 radical (unpaired) electrons. The first-order valence-corrected chi connectivity index (χ1v) is 8.88. The van der Waals surface area contributed by atoms with Crippen molar-refractivity contribution in [3.05, 3.63) is 32.4 Å². The van der Waals surface area contributed by atoms with E-state index in [-0.39, 0.29) is 12.6 Å². The molecule has 0 saturated heterocycles. The van der Waals surface area contributed by atoms with E-state index < -0.39 is 10.0 Å². The van der Waals surface area contributed by atoms with Gasteiger partial charge in [-0.25, -0.2) is 18.1 Å². The van der Waals surface area contributed by atoms with Gasteiger partial charge in [0.1, 0.15) is 9.90 Å². The summed E-state index contributed by atoms with van der Waals surface area (Å²) in [6.45, 7) is 3.78. The van der Waals surface area contributed by atoms with E-state index in [4.69, 9.17) is 5.73 Å². The molecule has 0 bridgehead atoms. The Hall–Kier alpha value is -0.800. The fraction of sp³-hybridized carbons (Fsp3) is 0.364. The lowest BCUT2D eigenvalue weighted by Crippen LogP contribution is -2.28. The van der Waals surface area contributed by atoms with Crippen LogP contribution in [0.4, 0.5) is 0 Å². The largest absolute Gasteiger partial charge is 0.326 e. The van der Waals surface area contributed by atoms with Gasteiger partial charge in [0.2, 0.25) is 10.0 Å². The van der Waals surface area contributed by atoms with Gasteiger partial charge in [-0.2, -0.15) is 0 Å². The van der Waals surface area contributed by atoms with E-state index in [0.717, 1.165) is 10.6 Å². The Morgan fingerprint density at radius 1 is 1.47 bits per heavy atom. The second-order valence-electron chi connectivity index (χ2n) is 4.09. The minimum absolute atomic E-state index is 0.223. The Kier molecular flexibility index (Phi) is 4.36. The Bertz CT molecular complexity index is 647. The van der Waals surface area contributed by atoms with Crippen LogP contribution in [0.25, 0.3) is 0 Å². The molecule has 0 aromatic carbocycles. The number of thiophene rings is 1. The fourth-order valence-corrected chi connectivity index (χ4v) is 5.41. The third-order valence-electron chi connectivity index (χ3n) is 2.60. The predicted octanol–water partition coefficient (Wildman–Crippen LogP) is 2.01. The summed E-state index contributed by atoms with van der Waals surface area (Å²) in [5, 5.41) is 4.37. The second kappa shape index (κ2) is 5.68. The van der Waals surface area contributed by atoms with Gasteiger partial charge in [0, 0.05) is 23.0 Å². The lowest BCUT2D eigenvalue weighted by molar-refractivity contribution is 0.565. The zero-order valence-corrected chi connectivity index (χ0v) is 13.0. The molecule has 8 heteroatoms. The molecule has 19 heavy (non-hydrogen) atoms. The number of nitrogens with zero attached hydrogens (tertiary/aromatic N) is 1. The van der Waals surface area contributed by atoms with Gasteiger partial charge < -0.3 is 5.73 Å². The van der Waals surface area contributed by atoms with Crippen LogP contribution in [0.3, 0.4) is 0 Å². The molecule has 2 rings (SSSR count). The molecule has 0 spiro atoms. The maximum absolute atomic E-state index is 12.4. The average molecular weight is 317 g/mol. The molecule has 3 N–H and O–H groups in total. The molecule has 2 heterocycles. The van der Waals surface area contributed by atoms with E-state index in [9.17, 15) is 8.42 Å². The highest BCUT2D eigenvalue weighted by Crippen LogP contribution is 2.28. The van der Waals surface area contributed by atoms with Crippen molar-refractivity contribution in [2.75, 3.05) is 0 Å². The van der Waals surface area contributed by atoms with Gasteiger partial charge in [0.25, 0.3) is 0 Å². The Morgan fingerprint density at radius 3 is 2.79 bits per heavy atom. The van der Waals surface area contributed by atoms with Gasteiger partial charge >= 0.3 is 0 Å². The summed E-state index contributed by atoms with van der Waals surface area (Å²) in [6.07, 6.45) is 1.66. The van der Waals surface area contributed by atoms with Crippen molar-refractivity contribution in [3.63, 3.8) is 0 Å². The average Bonchev–Trinajstić information content (AvgIpc) is 2.96. The lowest BCUT2D eigenvalue weighted by Gasteiger charge is -2.13. The van der Waals surface area contributed by atoms with E-state index >= 15 is 0 Å². The highest BCUT2D eigenvalue weighted by atomic mass is 32.2. The van der Waals surface area contributed by atoms with Crippen molar-refractivity contribution >= 4 is 32.7 Å². The third kappa shape index (κ3) is 3.03. The summed E-state index contributed by atoms with van der Waals surface area (Å²) >= 11 is 2.79. The van der Waals surface area contributed by atoms with Crippen LogP contribution in [0, 0.1) is 6.92 Å². The zero-order valence-electron chi connectivity index (χ0n) is 10.6. The van der Waals surface area contributed by atoms with Crippen molar-refractivity contribution in [2.45, 2.75) is 31.3 Å². The van der Waals surface area contributed by atoms with Crippen LogP contribution in [0.15, 0.2) is 21.9 Å². The van der Waals surface area contributed by atoms with Crippen LogP contribution in [0.2, 0.25) is 0 Å². The number of aromatic nitrogens is 1. The van der Waals surface area contributed by atoms with Gasteiger partial charge in [0.05, 0.1) is 6.04 Å². The van der Waals surface area contributed by atoms with E-state index in [2.05, 4.69) is 9.71 Å². The number of nitrogens with one attached hydrogen (secondary N) is 1. The molecule has 0 aliphatic rings.